The Morgan fingerprint density at radius 1 is 0.969 bits per heavy atom. The Labute approximate surface area is 197 Å². The smallest absolute Gasteiger partial charge is 0.234 e. The Morgan fingerprint density at radius 3 is 2.34 bits per heavy atom. The number of hydrogen-bond acceptors (Lipinski definition) is 3. The number of carbonyl (C=O) groups excluding carboxylic acids is 2. The molecule has 0 unspecified atom stereocenters. The molecule has 3 rings (SSSR count). The third kappa shape index (κ3) is 6.44. The Bertz CT molecular complexity index is 1120. The number of nitrogens with one attached hydrogen (secondary N) is 1. The first-order valence-electron chi connectivity index (χ1n) is 10.2. The van der Waals surface area contributed by atoms with E-state index in [1.807, 2.05) is 24.3 Å². The molecule has 0 aliphatic carbocycles. The van der Waals surface area contributed by atoms with Gasteiger partial charge in [-0.05, 0) is 40.8 Å². The third-order valence-corrected chi connectivity index (χ3v) is 6.14. The summed E-state index contributed by atoms with van der Waals surface area (Å²) in [6.45, 7) is 6.38. The fourth-order valence-electron chi connectivity index (χ4n) is 3.12. The minimum absolute atomic E-state index is 0.0170. The van der Waals surface area contributed by atoms with Gasteiger partial charge in [0.05, 0.1) is 5.75 Å². The second kappa shape index (κ2) is 10.3. The van der Waals surface area contributed by atoms with Crippen LogP contribution in [0.25, 0.3) is 0 Å². The Morgan fingerprint density at radius 2 is 1.69 bits per heavy atom. The van der Waals surface area contributed by atoms with Crippen LogP contribution in [-0.2, 0) is 16.0 Å². The molecule has 1 N–H and O–H groups in total. The van der Waals surface area contributed by atoms with Crippen LogP contribution in [0.15, 0.2) is 66.7 Å². The average Bonchev–Trinajstić information content (AvgIpc) is 2.74. The number of thioether (sulfide) groups is 1. The summed E-state index contributed by atoms with van der Waals surface area (Å²) < 4.78 is 13.8. The van der Waals surface area contributed by atoms with Crippen molar-refractivity contribution in [3.05, 3.63) is 99.8 Å². The number of benzene rings is 3. The van der Waals surface area contributed by atoms with Gasteiger partial charge in [0.25, 0.3) is 0 Å². The van der Waals surface area contributed by atoms with Gasteiger partial charge in [-0.25, -0.2) is 4.39 Å². The summed E-state index contributed by atoms with van der Waals surface area (Å²) in [7, 11) is 0. The molecular formula is C26H25ClFNO2S. The lowest BCUT2D eigenvalue weighted by Crippen LogP contribution is -2.15. The maximum atomic E-state index is 13.8. The number of amides is 1. The SMILES string of the molecule is CC(C)(C)c1ccc(C(=O)c2cccc(NC(=O)CSCc3ccc(Cl)cc3F)c2)cc1. The highest BCUT2D eigenvalue weighted by molar-refractivity contribution is 7.99. The molecule has 166 valence electrons. The lowest BCUT2D eigenvalue weighted by Gasteiger charge is -2.19. The molecular weight excluding hydrogens is 445 g/mol. The number of ketones is 1. The van der Waals surface area contributed by atoms with Crippen LogP contribution in [0.2, 0.25) is 5.02 Å². The van der Waals surface area contributed by atoms with Gasteiger partial charge >= 0.3 is 0 Å². The molecule has 3 nitrogen and oxygen atoms in total. The van der Waals surface area contributed by atoms with Crippen molar-refractivity contribution in [3.8, 4) is 0 Å². The van der Waals surface area contributed by atoms with E-state index in [2.05, 4.69) is 26.1 Å². The van der Waals surface area contributed by atoms with Crippen molar-refractivity contribution in [2.45, 2.75) is 31.9 Å². The molecule has 0 aliphatic rings. The van der Waals surface area contributed by atoms with E-state index in [1.165, 1.54) is 17.8 Å². The van der Waals surface area contributed by atoms with Crippen molar-refractivity contribution in [1.82, 2.24) is 0 Å². The van der Waals surface area contributed by atoms with Gasteiger partial charge in [-0.2, -0.15) is 0 Å². The van der Waals surface area contributed by atoms with Gasteiger partial charge < -0.3 is 5.32 Å². The summed E-state index contributed by atoms with van der Waals surface area (Å²) in [5.41, 5.74) is 3.32. The van der Waals surface area contributed by atoms with E-state index in [0.717, 1.165) is 5.56 Å². The molecule has 0 radical (unpaired) electrons. The van der Waals surface area contributed by atoms with Gasteiger partial charge in [-0.15, -0.1) is 11.8 Å². The molecule has 0 aliphatic heterocycles. The fourth-order valence-corrected chi connectivity index (χ4v) is 4.09. The minimum Gasteiger partial charge on any atom is -0.325 e. The minimum atomic E-state index is -0.382. The van der Waals surface area contributed by atoms with Gasteiger partial charge in [0.1, 0.15) is 5.82 Å². The van der Waals surface area contributed by atoms with Crippen LogP contribution in [0, 0.1) is 5.82 Å². The molecule has 0 heterocycles. The second-order valence-electron chi connectivity index (χ2n) is 8.51. The highest BCUT2D eigenvalue weighted by atomic mass is 35.5. The Kier molecular flexibility index (Phi) is 7.75. The van der Waals surface area contributed by atoms with Crippen molar-refractivity contribution < 1.29 is 14.0 Å². The molecule has 6 heteroatoms. The summed E-state index contributed by atoms with van der Waals surface area (Å²) in [6, 6.07) is 19.0. The van der Waals surface area contributed by atoms with E-state index in [-0.39, 0.29) is 28.7 Å². The van der Waals surface area contributed by atoms with Crippen molar-refractivity contribution in [2.75, 3.05) is 11.1 Å². The molecule has 0 fully saturated rings. The van der Waals surface area contributed by atoms with E-state index in [9.17, 15) is 14.0 Å². The Hall–Kier alpha value is -2.63. The van der Waals surface area contributed by atoms with Gasteiger partial charge in [-0.1, -0.05) is 74.8 Å². The average molecular weight is 470 g/mol. The number of rotatable bonds is 7. The molecule has 0 aromatic heterocycles. The summed E-state index contributed by atoms with van der Waals surface area (Å²) in [6.07, 6.45) is 0. The second-order valence-corrected chi connectivity index (χ2v) is 9.94. The maximum Gasteiger partial charge on any atom is 0.234 e. The zero-order valence-electron chi connectivity index (χ0n) is 18.2. The quantitative estimate of drug-likeness (QED) is 0.383. The predicted molar refractivity (Wildman–Crippen MR) is 131 cm³/mol. The van der Waals surface area contributed by atoms with Crippen molar-refractivity contribution in [2.24, 2.45) is 0 Å². The van der Waals surface area contributed by atoms with E-state index in [4.69, 9.17) is 11.6 Å². The Balaban J connectivity index is 1.59. The summed E-state index contributed by atoms with van der Waals surface area (Å²) in [5, 5.41) is 3.14. The number of hydrogen-bond donors (Lipinski definition) is 1. The lowest BCUT2D eigenvalue weighted by molar-refractivity contribution is -0.113. The van der Waals surface area contributed by atoms with Crippen LogP contribution in [0.3, 0.4) is 0 Å². The molecule has 0 spiro atoms. The van der Waals surface area contributed by atoms with Gasteiger partial charge in [-0.3, -0.25) is 9.59 Å². The number of halogens is 2. The zero-order valence-corrected chi connectivity index (χ0v) is 19.8. The van der Waals surface area contributed by atoms with Gasteiger partial charge in [0, 0.05) is 27.6 Å². The van der Waals surface area contributed by atoms with Crippen LogP contribution >= 0.6 is 23.4 Å². The number of anilines is 1. The largest absolute Gasteiger partial charge is 0.325 e. The van der Waals surface area contributed by atoms with Gasteiger partial charge in [0.2, 0.25) is 5.91 Å². The maximum absolute atomic E-state index is 13.8. The summed E-state index contributed by atoms with van der Waals surface area (Å²) in [5.74, 6) is -0.182. The van der Waals surface area contributed by atoms with Crippen molar-refractivity contribution >= 4 is 40.7 Å². The first-order chi connectivity index (χ1) is 15.1. The van der Waals surface area contributed by atoms with E-state index < -0.39 is 0 Å². The first-order valence-corrected chi connectivity index (χ1v) is 11.7. The molecule has 0 atom stereocenters. The normalized spacial score (nSPS) is 11.3. The molecule has 0 saturated heterocycles. The predicted octanol–water partition coefficient (Wildman–Crippen LogP) is 6.88. The van der Waals surface area contributed by atoms with E-state index >= 15 is 0 Å². The van der Waals surface area contributed by atoms with Crippen molar-refractivity contribution in [1.29, 1.82) is 0 Å². The monoisotopic (exact) mass is 469 g/mol. The highest BCUT2D eigenvalue weighted by Gasteiger charge is 2.15. The molecule has 3 aromatic carbocycles. The lowest BCUT2D eigenvalue weighted by atomic mass is 9.86. The fraction of sp³-hybridized carbons (Fsp3) is 0.231. The van der Waals surface area contributed by atoms with Crippen LogP contribution in [0.5, 0.6) is 0 Å². The van der Waals surface area contributed by atoms with Crippen LogP contribution < -0.4 is 5.32 Å². The standard InChI is InChI=1S/C26H25ClFNO2S/c1-26(2,3)20-10-7-17(8-11-20)25(31)18-5-4-6-22(13-18)29-24(30)16-32-15-19-9-12-21(27)14-23(19)28/h4-14H,15-16H2,1-3H3,(H,29,30). The third-order valence-electron chi connectivity index (χ3n) is 4.93. The molecule has 0 bridgehead atoms. The number of carbonyl (C=O) groups is 2. The topological polar surface area (TPSA) is 46.2 Å². The van der Waals surface area contributed by atoms with E-state index in [1.54, 1.807) is 36.4 Å². The van der Waals surface area contributed by atoms with Crippen LogP contribution in [0.1, 0.15) is 47.8 Å². The highest BCUT2D eigenvalue weighted by Crippen LogP contribution is 2.24. The van der Waals surface area contributed by atoms with E-state index in [0.29, 0.717) is 33.2 Å². The van der Waals surface area contributed by atoms with Gasteiger partial charge in [0.15, 0.2) is 5.78 Å². The molecule has 1 amide bonds. The van der Waals surface area contributed by atoms with Crippen LogP contribution in [-0.4, -0.2) is 17.4 Å². The summed E-state index contributed by atoms with van der Waals surface area (Å²) in [4.78, 5) is 25.2. The summed E-state index contributed by atoms with van der Waals surface area (Å²) >= 11 is 7.06. The molecule has 0 saturated carbocycles. The molecule has 3 aromatic rings. The molecule has 32 heavy (non-hydrogen) atoms. The first kappa shape index (κ1) is 24.0. The van der Waals surface area contributed by atoms with Crippen LogP contribution in [0.4, 0.5) is 10.1 Å². The van der Waals surface area contributed by atoms with Crippen molar-refractivity contribution in [3.63, 3.8) is 0 Å². The zero-order chi connectivity index (χ0) is 23.3.